The number of amides is 2. The highest BCUT2D eigenvalue weighted by Gasteiger charge is 2.24. The minimum Gasteiger partial charge on any atom is -0.357 e. The van der Waals surface area contributed by atoms with Crippen LogP contribution in [0.15, 0.2) is 64.6 Å². The first kappa shape index (κ1) is 15.2. The van der Waals surface area contributed by atoms with Gasteiger partial charge in [0.1, 0.15) is 0 Å². The van der Waals surface area contributed by atoms with Crippen LogP contribution in [0.4, 0.5) is 5.69 Å². The molecule has 0 saturated carbocycles. The molecular weight excluding hydrogens is 312 g/mol. The number of carbonyl (C=O) groups is 2. The standard InChI is InChI=1S/C16H14N4O2S/c1-11(21)20-10-13(9-15(20)22)19-12-4-2-5-14(8-12)23-16-17-6-3-7-18-16/h2-9,19H,10H2,1H3. The second kappa shape index (κ2) is 6.62. The van der Waals surface area contributed by atoms with Gasteiger partial charge in [-0.05, 0) is 36.0 Å². The van der Waals surface area contributed by atoms with Crippen LogP contribution in [0.1, 0.15) is 6.92 Å². The van der Waals surface area contributed by atoms with Crippen LogP contribution in [0.5, 0.6) is 0 Å². The molecule has 0 radical (unpaired) electrons. The lowest BCUT2D eigenvalue weighted by molar-refractivity contribution is -0.138. The number of hydrogen-bond acceptors (Lipinski definition) is 6. The van der Waals surface area contributed by atoms with Gasteiger partial charge in [-0.2, -0.15) is 0 Å². The van der Waals surface area contributed by atoms with Gasteiger partial charge in [0.15, 0.2) is 5.16 Å². The molecular formula is C16H14N4O2S. The Kier molecular flexibility index (Phi) is 4.38. The molecule has 2 aromatic rings. The van der Waals surface area contributed by atoms with Crippen molar-refractivity contribution in [2.45, 2.75) is 17.0 Å². The number of carbonyl (C=O) groups excluding carboxylic acids is 2. The molecule has 0 aliphatic carbocycles. The summed E-state index contributed by atoms with van der Waals surface area (Å²) >= 11 is 1.45. The average Bonchev–Trinajstić information content (AvgIpc) is 2.89. The number of imide groups is 1. The second-order valence-corrected chi connectivity index (χ2v) is 5.94. The van der Waals surface area contributed by atoms with Crippen LogP contribution in [0.25, 0.3) is 0 Å². The molecule has 1 aliphatic rings. The maximum atomic E-state index is 11.7. The van der Waals surface area contributed by atoms with Crippen molar-refractivity contribution < 1.29 is 9.59 Å². The Hall–Kier alpha value is -2.67. The molecule has 1 aromatic carbocycles. The molecule has 2 heterocycles. The van der Waals surface area contributed by atoms with Gasteiger partial charge in [0, 0.05) is 41.7 Å². The Balaban J connectivity index is 1.70. The predicted octanol–water partition coefficient (Wildman–Crippen LogP) is 2.31. The molecule has 1 aromatic heterocycles. The SMILES string of the molecule is CC(=O)N1CC(Nc2cccc(Sc3ncccn3)c2)=CC1=O. The van der Waals surface area contributed by atoms with Crippen molar-refractivity contribution in [3.8, 4) is 0 Å². The maximum Gasteiger partial charge on any atom is 0.255 e. The molecule has 1 N–H and O–H groups in total. The molecule has 23 heavy (non-hydrogen) atoms. The van der Waals surface area contributed by atoms with Crippen molar-refractivity contribution in [3.05, 3.63) is 54.5 Å². The molecule has 0 saturated heterocycles. The van der Waals surface area contributed by atoms with Crippen LogP contribution in [-0.2, 0) is 9.59 Å². The molecule has 2 amide bonds. The van der Waals surface area contributed by atoms with Gasteiger partial charge in [-0.3, -0.25) is 14.5 Å². The van der Waals surface area contributed by atoms with Gasteiger partial charge in [-0.1, -0.05) is 6.07 Å². The normalized spacial score (nSPS) is 13.9. The summed E-state index contributed by atoms with van der Waals surface area (Å²) in [6.45, 7) is 1.65. The molecule has 0 spiro atoms. The molecule has 0 atom stereocenters. The summed E-state index contributed by atoms with van der Waals surface area (Å²) in [4.78, 5) is 33.6. The minimum absolute atomic E-state index is 0.256. The summed E-state index contributed by atoms with van der Waals surface area (Å²) in [6.07, 6.45) is 4.84. The van der Waals surface area contributed by atoms with Crippen LogP contribution >= 0.6 is 11.8 Å². The fraction of sp³-hybridized carbons (Fsp3) is 0.125. The van der Waals surface area contributed by atoms with Crippen LogP contribution in [-0.4, -0.2) is 33.2 Å². The van der Waals surface area contributed by atoms with E-state index in [2.05, 4.69) is 15.3 Å². The number of aromatic nitrogens is 2. The first-order valence-electron chi connectivity index (χ1n) is 6.96. The van der Waals surface area contributed by atoms with Crippen molar-refractivity contribution in [3.63, 3.8) is 0 Å². The third kappa shape index (κ3) is 3.75. The Morgan fingerprint density at radius 3 is 2.74 bits per heavy atom. The Morgan fingerprint density at radius 1 is 1.26 bits per heavy atom. The molecule has 6 nitrogen and oxygen atoms in total. The van der Waals surface area contributed by atoms with Crippen LogP contribution in [0, 0.1) is 0 Å². The topological polar surface area (TPSA) is 75.2 Å². The molecule has 7 heteroatoms. The van der Waals surface area contributed by atoms with Crippen LogP contribution in [0.3, 0.4) is 0 Å². The van der Waals surface area contributed by atoms with E-state index in [0.29, 0.717) is 10.9 Å². The fourth-order valence-corrected chi connectivity index (χ4v) is 2.90. The molecule has 3 rings (SSSR count). The van der Waals surface area contributed by atoms with E-state index >= 15 is 0 Å². The molecule has 116 valence electrons. The Labute approximate surface area is 137 Å². The molecule has 0 fully saturated rings. The van der Waals surface area contributed by atoms with E-state index in [0.717, 1.165) is 10.6 Å². The van der Waals surface area contributed by atoms with Crippen LogP contribution in [0.2, 0.25) is 0 Å². The van der Waals surface area contributed by atoms with Gasteiger partial charge in [0.2, 0.25) is 5.91 Å². The van der Waals surface area contributed by atoms with Gasteiger partial charge in [-0.15, -0.1) is 0 Å². The van der Waals surface area contributed by atoms with Gasteiger partial charge in [0.25, 0.3) is 5.91 Å². The van der Waals surface area contributed by atoms with Crippen LogP contribution < -0.4 is 5.32 Å². The van der Waals surface area contributed by atoms with E-state index < -0.39 is 0 Å². The molecule has 1 aliphatic heterocycles. The van der Waals surface area contributed by atoms with E-state index in [1.54, 1.807) is 18.5 Å². The minimum atomic E-state index is -0.289. The van der Waals surface area contributed by atoms with Gasteiger partial charge < -0.3 is 5.32 Å². The van der Waals surface area contributed by atoms with Gasteiger partial charge >= 0.3 is 0 Å². The quantitative estimate of drug-likeness (QED) is 0.869. The number of anilines is 1. The van der Waals surface area contributed by atoms with E-state index in [1.165, 1.54) is 29.7 Å². The van der Waals surface area contributed by atoms with E-state index in [9.17, 15) is 9.59 Å². The lowest BCUT2D eigenvalue weighted by Gasteiger charge is -2.13. The van der Waals surface area contributed by atoms with E-state index in [1.807, 2.05) is 24.3 Å². The smallest absolute Gasteiger partial charge is 0.255 e. The predicted molar refractivity (Wildman–Crippen MR) is 86.7 cm³/mol. The van der Waals surface area contributed by atoms with Crippen molar-refractivity contribution in [2.24, 2.45) is 0 Å². The fourth-order valence-electron chi connectivity index (χ4n) is 2.13. The largest absolute Gasteiger partial charge is 0.357 e. The van der Waals surface area contributed by atoms with Crippen molar-refractivity contribution in [1.29, 1.82) is 0 Å². The zero-order chi connectivity index (χ0) is 16.2. The lowest BCUT2D eigenvalue weighted by Crippen LogP contribution is -2.31. The first-order chi connectivity index (χ1) is 11.1. The molecule has 0 bridgehead atoms. The number of nitrogens with zero attached hydrogens (tertiary/aromatic N) is 3. The highest BCUT2D eigenvalue weighted by Crippen LogP contribution is 2.27. The first-order valence-corrected chi connectivity index (χ1v) is 7.78. The number of hydrogen-bond donors (Lipinski definition) is 1. The summed E-state index contributed by atoms with van der Waals surface area (Å²) in [6, 6.07) is 9.49. The Morgan fingerprint density at radius 2 is 2.04 bits per heavy atom. The summed E-state index contributed by atoms with van der Waals surface area (Å²) in [5.74, 6) is -0.545. The zero-order valence-corrected chi connectivity index (χ0v) is 13.2. The maximum absolute atomic E-state index is 11.7. The summed E-state index contributed by atoms with van der Waals surface area (Å²) in [5, 5.41) is 3.84. The van der Waals surface area contributed by atoms with Gasteiger partial charge in [-0.25, -0.2) is 9.97 Å². The van der Waals surface area contributed by atoms with Crippen molar-refractivity contribution >= 4 is 29.3 Å². The number of benzene rings is 1. The monoisotopic (exact) mass is 326 g/mol. The summed E-state index contributed by atoms with van der Waals surface area (Å²) in [7, 11) is 0. The Bertz CT molecular complexity index is 777. The lowest BCUT2D eigenvalue weighted by atomic mass is 10.3. The number of nitrogens with one attached hydrogen (secondary N) is 1. The van der Waals surface area contributed by atoms with Crippen molar-refractivity contribution in [2.75, 3.05) is 11.9 Å². The summed E-state index contributed by atoms with van der Waals surface area (Å²) < 4.78 is 0. The van der Waals surface area contributed by atoms with E-state index in [4.69, 9.17) is 0 Å². The second-order valence-electron chi connectivity index (χ2n) is 4.90. The average molecular weight is 326 g/mol. The zero-order valence-electron chi connectivity index (χ0n) is 12.4. The van der Waals surface area contributed by atoms with Crippen molar-refractivity contribution in [1.82, 2.24) is 14.9 Å². The highest BCUT2D eigenvalue weighted by atomic mass is 32.2. The summed E-state index contributed by atoms with van der Waals surface area (Å²) in [5.41, 5.74) is 1.54. The van der Waals surface area contributed by atoms with E-state index in [-0.39, 0.29) is 18.4 Å². The third-order valence-electron chi connectivity index (χ3n) is 3.16. The third-order valence-corrected chi connectivity index (χ3v) is 4.05. The number of rotatable bonds is 4. The highest BCUT2D eigenvalue weighted by molar-refractivity contribution is 7.99. The molecule has 0 unspecified atom stereocenters. The van der Waals surface area contributed by atoms with Gasteiger partial charge in [0.05, 0.1) is 6.54 Å².